The number of nitrogens with zero attached hydrogens (tertiary/aromatic N) is 1. The standard InChI is InChI=1S/C12H17N/c1-11(2)9-4-6-12(3,8-9)10(11)5-7-13/h5,9H,4,6,8H2,1-3H3. The topological polar surface area (TPSA) is 23.8 Å². The molecule has 2 aliphatic rings. The highest BCUT2D eigenvalue weighted by atomic mass is 14.6. The van der Waals surface area contributed by atoms with Gasteiger partial charge in [-0.3, -0.25) is 0 Å². The van der Waals surface area contributed by atoms with Crippen molar-refractivity contribution in [2.45, 2.75) is 40.0 Å². The zero-order chi connectivity index (χ0) is 9.69. The molecule has 2 bridgehead atoms. The summed E-state index contributed by atoms with van der Waals surface area (Å²) in [6.07, 6.45) is 5.74. The van der Waals surface area contributed by atoms with E-state index in [9.17, 15) is 0 Å². The fourth-order valence-electron chi connectivity index (χ4n) is 3.52. The fraction of sp³-hybridized carbons (Fsp3) is 0.750. The summed E-state index contributed by atoms with van der Waals surface area (Å²) in [6, 6.07) is 2.21. The summed E-state index contributed by atoms with van der Waals surface area (Å²) >= 11 is 0. The highest BCUT2D eigenvalue weighted by Gasteiger charge is 2.55. The fourth-order valence-corrected chi connectivity index (χ4v) is 3.52. The lowest BCUT2D eigenvalue weighted by Gasteiger charge is -2.36. The van der Waals surface area contributed by atoms with Crippen molar-refractivity contribution in [3.8, 4) is 6.07 Å². The highest BCUT2D eigenvalue weighted by Crippen LogP contribution is 2.65. The van der Waals surface area contributed by atoms with Gasteiger partial charge in [-0.1, -0.05) is 20.8 Å². The predicted molar refractivity (Wildman–Crippen MR) is 52.9 cm³/mol. The molecule has 2 aliphatic carbocycles. The molecular formula is C12H17N. The van der Waals surface area contributed by atoms with Gasteiger partial charge in [0.2, 0.25) is 0 Å². The molecule has 0 aromatic carbocycles. The van der Waals surface area contributed by atoms with Gasteiger partial charge in [-0.25, -0.2) is 0 Å². The van der Waals surface area contributed by atoms with Crippen LogP contribution in [-0.4, -0.2) is 0 Å². The average Bonchev–Trinajstić information content (AvgIpc) is 2.50. The summed E-state index contributed by atoms with van der Waals surface area (Å²) < 4.78 is 0. The third-order valence-corrected chi connectivity index (χ3v) is 4.32. The summed E-state index contributed by atoms with van der Waals surface area (Å²) in [5, 5.41) is 8.78. The van der Waals surface area contributed by atoms with Gasteiger partial charge in [-0.15, -0.1) is 0 Å². The van der Waals surface area contributed by atoms with Gasteiger partial charge in [0.1, 0.15) is 0 Å². The molecule has 0 heterocycles. The minimum Gasteiger partial charge on any atom is -0.193 e. The number of hydrogen-bond acceptors (Lipinski definition) is 1. The van der Waals surface area contributed by atoms with Crippen LogP contribution < -0.4 is 0 Å². The van der Waals surface area contributed by atoms with Crippen molar-refractivity contribution in [1.29, 1.82) is 5.26 Å². The first-order valence-corrected chi connectivity index (χ1v) is 5.11. The van der Waals surface area contributed by atoms with Gasteiger partial charge in [0.05, 0.1) is 6.07 Å². The molecule has 0 spiro atoms. The first kappa shape index (κ1) is 8.81. The lowest BCUT2D eigenvalue weighted by molar-refractivity contribution is 0.274. The Morgan fingerprint density at radius 3 is 2.62 bits per heavy atom. The van der Waals surface area contributed by atoms with Crippen LogP contribution in [0.1, 0.15) is 40.0 Å². The van der Waals surface area contributed by atoms with Gasteiger partial charge in [0.25, 0.3) is 0 Å². The van der Waals surface area contributed by atoms with Crippen molar-refractivity contribution in [2.24, 2.45) is 16.7 Å². The Labute approximate surface area is 80.4 Å². The van der Waals surface area contributed by atoms with Gasteiger partial charge in [-0.05, 0) is 41.6 Å². The Hall–Kier alpha value is -0.770. The van der Waals surface area contributed by atoms with E-state index in [0.29, 0.717) is 5.41 Å². The van der Waals surface area contributed by atoms with Crippen LogP contribution in [0.3, 0.4) is 0 Å². The van der Waals surface area contributed by atoms with E-state index in [1.165, 1.54) is 24.8 Å². The Kier molecular flexibility index (Phi) is 1.61. The molecular weight excluding hydrogens is 158 g/mol. The second kappa shape index (κ2) is 2.38. The number of fused-ring (bicyclic) bond motifs is 2. The largest absolute Gasteiger partial charge is 0.193 e. The first-order chi connectivity index (χ1) is 6.00. The van der Waals surface area contributed by atoms with Crippen LogP contribution in [0.25, 0.3) is 0 Å². The van der Waals surface area contributed by atoms with Crippen molar-refractivity contribution in [3.05, 3.63) is 11.6 Å². The normalized spacial score (nSPS) is 43.8. The van der Waals surface area contributed by atoms with E-state index in [4.69, 9.17) is 5.26 Å². The van der Waals surface area contributed by atoms with Gasteiger partial charge >= 0.3 is 0 Å². The molecule has 2 unspecified atom stereocenters. The van der Waals surface area contributed by atoms with E-state index in [1.807, 2.05) is 0 Å². The zero-order valence-corrected chi connectivity index (χ0v) is 8.72. The summed E-state index contributed by atoms with van der Waals surface area (Å²) in [5.74, 6) is 0.817. The maximum absolute atomic E-state index is 8.78. The van der Waals surface area contributed by atoms with Gasteiger partial charge < -0.3 is 0 Å². The molecule has 2 atom stereocenters. The molecule has 1 heteroatoms. The third kappa shape index (κ3) is 0.981. The highest BCUT2D eigenvalue weighted by molar-refractivity contribution is 5.34. The van der Waals surface area contributed by atoms with Crippen LogP contribution in [-0.2, 0) is 0 Å². The molecule has 70 valence electrons. The Morgan fingerprint density at radius 2 is 2.15 bits per heavy atom. The van der Waals surface area contributed by atoms with Crippen LogP contribution in [0.5, 0.6) is 0 Å². The predicted octanol–water partition coefficient (Wildman–Crippen LogP) is 3.28. The van der Waals surface area contributed by atoms with Gasteiger partial charge in [-0.2, -0.15) is 5.26 Å². The average molecular weight is 175 g/mol. The van der Waals surface area contributed by atoms with E-state index in [-0.39, 0.29) is 5.41 Å². The Bertz CT molecular complexity index is 299. The van der Waals surface area contributed by atoms with E-state index < -0.39 is 0 Å². The lowest BCUT2D eigenvalue weighted by Crippen LogP contribution is -2.26. The van der Waals surface area contributed by atoms with Crippen LogP contribution in [0, 0.1) is 28.1 Å². The molecule has 1 nitrogen and oxygen atoms in total. The van der Waals surface area contributed by atoms with Crippen molar-refractivity contribution in [2.75, 3.05) is 0 Å². The molecule has 0 saturated heterocycles. The molecule has 2 fully saturated rings. The van der Waals surface area contributed by atoms with Crippen LogP contribution in [0.2, 0.25) is 0 Å². The van der Waals surface area contributed by atoms with Crippen molar-refractivity contribution >= 4 is 0 Å². The second-order valence-electron chi connectivity index (χ2n) is 5.41. The molecule has 0 aromatic heterocycles. The number of rotatable bonds is 0. The molecule has 0 amide bonds. The third-order valence-electron chi connectivity index (χ3n) is 4.32. The summed E-state index contributed by atoms with van der Waals surface area (Å²) in [4.78, 5) is 0. The van der Waals surface area contributed by atoms with Crippen LogP contribution in [0.15, 0.2) is 11.6 Å². The Balaban J connectivity index is 2.47. The van der Waals surface area contributed by atoms with Crippen molar-refractivity contribution in [3.63, 3.8) is 0 Å². The van der Waals surface area contributed by atoms with Crippen molar-refractivity contribution in [1.82, 2.24) is 0 Å². The Morgan fingerprint density at radius 1 is 1.46 bits per heavy atom. The SMILES string of the molecule is CC12CCC(C1)C(C)(C)C2=CC#N. The molecule has 0 aromatic rings. The smallest absolute Gasteiger partial charge is 0.0911 e. The molecule has 2 saturated carbocycles. The number of nitriles is 1. The van der Waals surface area contributed by atoms with Crippen molar-refractivity contribution < 1.29 is 0 Å². The molecule has 0 N–H and O–H groups in total. The molecule has 0 aliphatic heterocycles. The molecule has 13 heavy (non-hydrogen) atoms. The monoisotopic (exact) mass is 175 g/mol. The van der Waals surface area contributed by atoms with Gasteiger partial charge in [0.15, 0.2) is 0 Å². The quantitative estimate of drug-likeness (QED) is 0.518. The molecule has 0 radical (unpaired) electrons. The first-order valence-electron chi connectivity index (χ1n) is 5.11. The lowest BCUT2D eigenvalue weighted by atomic mass is 9.68. The van der Waals surface area contributed by atoms with Crippen LogP contribution >= 0.6 is 0 Å². The minimum atomic E-state index is 0.280. The van der Waals surface area contributed by atoms with Crippen LogP contribution in [0.4, 0.5) is 0 Å². The molecule has 2 rings (SSSR count). The number of hydrogen-bond donors (Lipinski definition) is 0. The van der Waals surface area contributed by atoms with E-state index in [0.717, 1.165) is 5.92 Å². The summed E-state index contributed by atoms with van der Waals surface area (Å²) in [5.41, 5.74) is 2.03. The van der Waals surface area contributed by atoms with E-state index in [2.05, 4.69) is 26.8 Å². The minimum absolute atomic E-state index is 0.280. The second-order valence-corrected chi connectivity index (χ2v) is 5.41. The summed E-state index contributed by atoms with van der Waals surface area (Å²) in [7, 11) is 0. The zero-order valence-electron chi connectivity index (χ0n) is 8.72. The van der Waals surface area contributed by atoms with E-state index in [1.54, 1.807) is 6.08 Å². The number of allylic oxidation sites excluding steroid dienone is 2. The summed E-state index contributed by atoms with van der Waals surface area (Å²) in [6.45, 7) is 6.92. The maximum Gasteiger partial charge on any atom is 0.0911 e. The maximum atomic E-state index is 8.78. The van der Waals surface area contributed by atoms with Gasteiger partial charge in [0, 0.05) is 6.08 Å². The van der Waals surface area contributed by atoms with E-state index >= 15 is 0 Å².